The minimum atomic E-state index is 0.412. The van der Waals surface area contributed by atoms with Crippen LogP contribution in [-0.2, 0) is 0 Å². The Balaban J connectivity index is 2.38. The molecule has 0 saturated heterocycles. The van der Waals surface area contributed by atoms with Gasteiger partial charge in [0.15, 0.2) is 6.29 Å². The minimum absolute atomic E-state index is 0.412. The lowest BCUT2D eigenvalue weighted by Gasteiger charge is -2.07. The second-order valence-electron chi connectivity index (χ2n) is 4.38. The molecule has 0 N–H and O–H groups in total. The summed E-state index contributed by atoms with van der Waals surface area (Å²) < 4.78 is 7.07. The number of methoxy groups -OCH3 is 1. The lowest BCUT2D eigenvalue weighted by Crippen LogP contribution is -1.93. The molecule has 0 aliphatic rings. The van der Waals surface area contributed by atoms with Crippen molar-refractivity contribution in [3.63, 3.8) is 0 Å². The molecule has 0 radical (unpaired) electrons. The fraction of sp³-hybridized carbons (Fsp3) is 0.0625. The zero-order chi connectivity index (χ0) is 14.1. The first-order valence-corrected chi connectivity index (χ1v) is 6.52. The van der Waals surface area contributed by atoms with E-state index in [2.05, 4.69) is 0 Å². The Morgan fingerprint density at radius 2 is 1.90 bits per heavy atom. The quantitative estimate of drug-likeness (QED) is 0.678. The van der Waals surface area contributed by atoms with Gasteiger partial charge in [-0.25, -0.2) is 0 Å². The van der Waals surface area contributed by atoms with E-state index >= 15 is 0 Å². The van der Waals surface area contributed by atoms with E-state index in [1.165, 1.54) is 0 Å². The molecule has 0 aliphatic carbocycles. The number of hydrogen-bond donors (Lipinski definition) is 0. The highest BCUT2D eigenvalue weighted by atomic mass is 35.5. The van der Waals surface area contributed by atoms with E-state index in [4.69, 9.17) is 16.3 Å². The van der Waals surface area contributed by atoms with Crippen molar-refractivity contribution in [3.05, 3.63) is 59.2 Å². The lowest BCUT2D eigenvalue weighted by molar-refractivity contribution is 0.112. The number of aldehydes is 1. The van der Waals surface area contributed by atoms with Crippen LogP contribution in [0.25, 0.3) is 16.6 Å². The predicted molar refractivity (Wildman–Crippen MR) is 80.2 cm³/mol. The normalized spacial score (nSPS) is 10.7. The number of ether oxygens (including phenoxy) is 1. The van der Waals surface area contributed by atoms with E-state index in [-0.39, 0.29) is 0 Å². The van der Waals surface area contributed by atoms with Gasteiger partial charge in [0.1, 0.15) is 10.9 Å². The molecule has 2 aromatic carbocycles. The van der Waals surface area contributed by atoms with Crippen LogP contribution in [0, 0.1) is 0 Å². The van der Waals surface area contributed by atoms with Crippen LogP contribution in [0.4, 0.5) is 0 Å². The Bertz CT molecular complexity index is 778. The largest absolute Gasteiger partial charge is 0.497 e. The van der Waals surface area contributed by atoms with Crippen molar-refractivity contribution in [2.45, 2.75) is 0 Å². The first-order chi connectivity index (χ1) is 9.76. The van der Waals surface area contributed by atoms with Crippen LogP contribution in [0.1, 0.15) is 10.4 Å². The molecular weight excluding hydrogens is 274 g/mol. The van der Waals surface area contributed by atoms with Crippen molar-refractivity contribution in [1.82, 2.24) is 4.57 Å². The molecule has 3 rings (SSSR count). The van der Waals surface area contributed by atoms with Crippen LogP contribution in [0.5, 0.6) is 5.75 Å². The monoisotopic (exact) mass is 285 g/mol. The summed E-state index contributed by atoms with van der Waals surface area (Å²) in [6.45, 7) is 0. The van der Waals surface area contributed by atoms with Gasteiger partial charge >= 0.3 is 0 Å². The molecule has 100 valence electrons. The summed E-state index contributed by atoms with van der Waals surface area (Å²) >= 11 is 6.37. The van der Waals surface area contributed by atoms with Gasteiger partial charge in [0.2, 0.25) is 0 Å². The van der Waals surface area contributed by atoms with Crippen LogP contribution >= 0.6 is 11.6 Å². The maximum atomic E-state index is 11.3. The van der Waals surface area contributed by atoms with Crippen molar-refractivity contribution in [3.8, 4) is 11.4 Å². The van der Waals surface area contributed by atoms with Crippen molar-refractivity contribution < 1.29 is 9.53 Å². The molecule has 1 aromatic heterocycles. The van der Waals surface area contributed by atoms with Gasteiger partial charge in [0, 0.05) is 11.1 Å². The first-order valence-electron chi connectivity index (χ1n) is 6.15. The Labute approximate surface area is 121 Å². The summed E-state index contributed by atoms with van der Waals surface area (Å²) in [6, 6.07) is 15.3. The van der Waals surface area contributed by atoms with Crippen LogP contribution in [0.3, 0.4) is 0 Å². The average Bonchev–Trinajstić information content (AvgIpc) is 2.78. The van der Waals surface area contributed by atoms with Gasteiger partial charge in [-0.3, -0.25) is 9.36 Å². The van der Waals surface area contributed by atoms with Crippen LogP contribution in [-0.4, -0.2) is 18.0 Å². The van der Waals surface area contributed by atoms with E-state index in [0.717, 1.165) is 22.9 Å². The number of halogens is 1. The zero-order valence-electron chi connectivity index (χ0n) is 10.8. The van der Waals surface area contributed by atoms with Gasteiger partial charge in [0.25, 0.3) is 0 Å². The van der Waals surface area contributed by atoms with Gasteiger partial charge in [-0.1, -0.05) is 29.8 Å². The molecule has 3 nitrogen and oxygen atoms in total. The smallest absolute Gasteiger partial charge is 0.153 e. The summed E-state index contributed by atoms with van der Waals surface area (Å²) in [6.07, 6.45) is 0.781. The number of nitrogens with zero attached hydrogens (tertiary/aromatic N) is 1. The lowest BCUT2D eigenvalue weighted by atomic mass is 10.2. The maximum absolute atomic E-state index is 11.3. The Hall–Kier alpha value is -2.26. The molecule has 0 bridgehead atoms. The summed E-state index contributed by atoms with van der Waals surface area (Å²) in [7, 11) is 1.59. The van der Waals surface area contributed by atoms with E-state index in [0.29, 0.717) is 16.5 Å². The van der Waals surface area contributed by atoms with Crippen molar-refractivity contribution in [2.24, 2.45) is 0 Å². The Kier molecular flexibility index (Phi) is 3.20. The number of hydrogen-bond acceptors (Lipinski definition) is 2. The molecule has 0 amide bonds. The minimum Gasteiger partial charge on any atom is -0.497 e. The van der Waals surface area contributed by atoms with Crippen molar-refractivity contribution >= 4 is 28.8 Å². The predicted octanol–water partition coefficient (Wildman–Crippen LogP) is 4.11. The third-order valence-electron chi connectivity index (χ3n) is 3.29. The average molecular weight is 286 g/mol. The first kappa shape index (κ1) is 12.8. The van der Waals surface area contributed by atoms with Gasteiger partial charge < -0.3 is 4.74 Å². The highest BCUT2D eigenvalue weighted by molar-refractivity contribution is 6.34. The summed E-state index contributed by atoms with van der Waals surface area (Å²) in [5, 5.41) is 1.20. The van der Waals surface area contributed by atoms with Crippen molar-refractivity contribution in [2.75, 3.05) is 7.11 Å². The molecule has 0 fully saturated rings. The number of fused-ring (bicyclic) bond motifs is 1. The molecule has 0 aliphatic heterocycles. The summed E-state index contributed by atoms with van der Waals surface area (Å²) in [5.74, 6) is 0.697. The van der Waals surface area contributed by atoms with Crippen LogP contribution in [0.15, 0.2) is 48.5 Å². The van der Waals surface area contributed by atoms with E-state index in [9.17, 15) is 4.79 Å². The van der Waals surface area contributed by atoms with Crippen LogP contribution < -0.4 is 4.74 Å². The van der Waals surface area contributed by atoms with E-state index in [1.54, 1.807) is 7.11 Å². The molecule has 1 heterocycles. The maximum Gasteiger partial charge on any atom is 0.153 e. The number of carbonyl (C=O) groups excluding carboxylic acids is 1. The number of para-hydroxylation sites is 1. The molecule has 3 aromatic rings. The summed E-state index contributed by atoms with van der Waals surface area (Å²) in [5.41, 5.74) is 2.27. The number of benzene rings is 2. The molecular formula is C16H12ClNO2. The molecule has 20 heavy (non-hydrogen) atoms. The fourth-order valence-corrected chi connectivity index (χ4v) is 2.67. The molecule has 0 atom stereocenters. The molecule has 0 spiro atoms. The molecule has 4 heteroatoms. The summed E-state index contributed by atoms with van der Waals surface area (Å²) in [4.78, 5) is 11.3. The van der Waals surface area contributed by atoms with Gasteiger partial charge in [-0.05, 0) is 30.3 Å². The Morgan fingerprint density at radius 3 is 2.55 bits per heavy atom. The zero-order valence-corrected chi connectivity index (χ0v) is 11.6. The number of rotatable bonds is 3. The van der Waals surface area contributed by atoms with Gasteiger partial charge in [-0.2, -0.15) is 0 Å². The SMILES string of the molecule is COc1ccc2c(c1)c(C=O)c(Cl)n2-c1ccccc1. The van der Waals surface area contributed by atoms with E-state index < -0.39 is 0 Å². The standard InChI is InChI=1S/C16H12ClNO2/c1-20-12-7-8-15-13(9-12)14(10-19)16(17)18(15)11-5-3-2-4-6-11/h2-10H,1H3. The molecule has 0 unspecified atom stereocenters. The number of carbonyl (C=O) groups is 1. The third kappa shape index (κ3) is 1.87. The number of aromatic nitrogens is 1. The van der Waals surface area contributed by atoms with E-state index in [1.807, 2.05) is 53.1 Å². The Morgan fingerprint density at radius 1 is 1.15 bits per heavy atom. The van der Waals surface area contributed by atoms with Gasteiger partial charge in [0.05, 0.1) is 18.2 Å². The highest BCUT2D eigenvalue weighted by Crippen LogP contribution is 2.34. The fourth-order valence-electron chi connectivity index (χ4n) is 2.33. The topological polar surface area (TPSA) is 31.2 Å². The van der Waals surface area contributed by atoms with Crippen LogP contribution in [0.2, 0.25) is 5.15 Å². The van der Waals surface area contributed by atoms with Crippen molar-refractivity contribution in [1.29, 1.82) is 0 Å². The van der Waals surface area contributed by atoms with Gasteiger partial charge in [-0.15, -0.1) is 0 Å². The second kappa shape index (κ2) is 5.02. The third-order valence-corrected chi connectivity index (χ3v) is 3.66. The highest BCUT2D eigenvalue weighted by Gasteiger charge is 2.16. The molecule has 0 saturated carbocycles. The second-order valence-corrected chi connectivity index (χ2v) is 4.73.